The van der Waals surface area contributed by atoms with Gasteiger partial charge in [0.25, 0.3) is 0 Å². The molecule has 2 N–H and O–H groups in total. The summed E-state index contributed by atoms with van der Waals surface area (Å²) in [6, 6.07) is 20.0. The third-order valence-electron chi connectivity index (χ3n) is 6.23. The highest BCUT2D eigenvalue weighted by Crippen LogP contribution is 2.33. The molecule has 0 saturated carbocycles. The van der Waals surface area contributed by atoms with Crippen LogP contribution in [0.15, 0.2) is 66.7 Å². The van der Waals surface area contributed by atoms with Gasteiger partial charge < -0.3 is 25.0 Å². The summed E-state index contributed by atoms with van der Waals surface area (Å²) in [6.07, 6.45) is 1.10. The van der Waals surface area contributed by atoms with Crippen molar-refractivity contribution in [3.05, 3.63) is 89.0 Å². The summed E-state index contributed by atoms with van der Waals surface area (Å²) >= 11 is 0. The van der Waals surface area contributed by atoms with Crippen molar-refractivity contribution in [1.82, 2.24) is 10.2 Å². The van der Waals surface area contributed by atoms with Crippen molar-refractivity contribution >= 4 is 17.6 Å². The smallest absolute Gasteiger partial charge is 0.319 e. The fourth-order valence-electron chi connectivity index (χ4n) is 4.30. The van der Waals surface area contributed by atoms with Crippen LogP contribution in [-0.2, 0) is 24.2 Å². The number of benzene rings is 3. The van der Waals surface area contributed by atoms with Gasteiger partial charge in [0.2, 0.25) is 5.91 Å². The third kappa shape index (κ3) is 5.93. The standard InChI is InChI=1S/C28H31N3O4/c1-19-9-11-23(12-10-19)29-28(33)30-24(15-20-7-5-4-6-8-20)27(32)31-14-13-21-16-25(34-2)26(35-3)17-22(21)18-31/h4-12,16-17,24H,13-15,18H2,1-3H3,(H2,29,30,33). The Bertz CT molecular complexity index is 1180. The quantitative estimate of drug-likeness (QED) is 0.535. The van der Waals surface area contributed by atoms with E-state index in [1.54, 1.807) is 19.1 Å². The number of urea groups is 1. The van der Waals surface area contributed by atoms with Crippen molar-refractivity contribution in [3.8, 4) is 11.5 Å². The predicted octanol–water partition coefficient (Wildman–Crippen LogP) is 4.33. The summed E-state index contributed by atoms with van der Waals surface area (Å²) < 4.78 is 10.9. The number of nitrogens with one attached hydrogen (secondary N) is 2. The van der Waals surface area contributed by atoms with Gasteiger partial charge in [0, 0.05) is 25.2 Å². The average molecular weight is 474 g/mol. The molecule has 0 fully saturated rings. The summed E-state index contributed by atoms with van der Waals surface area (Å²) in [5.41, 5.74) is 4.91. The first-order chi connectivity index (χ1) is 17.0. The minimum atomic E-state index is -0.704. The molecule has 3 amide bonds. The van der Waals surface area contributed by atoms with Crippen molar-refractivity contribution in [2.45, 2.75) is 32.4 Å². The van der Waals surface area contributed by atoms with E-state index < -0.39 is 12.1 Å². The third-order valence-corrected chi connectivity index (χ3v) is 6.23. The molecule has 182 valence electrons. The molecule has 7 heteroatoms. The molecule has 1 aliphatic heterocycles. The van der Waals surface area contributed by atoms with Crippen molar-refractivity contribution in [2.24, 2.45) is 0 Å². The van der Waals surface area contributed by atoms with E-state index in [2.05, 4.69) is 10.6 Å². The number of carbonyl (C=O) groups excluding carboxylic acids is 2. The van der Waals surface area contributed by atoms with E-state index in [0.717, 1.165) is 22.3 Å². The second-order valence-electron chi connectivity index (χ2n) is 8.69. The fraction of sp³-hybridized carbons (Fsp3) is 0.286. The summed E-state index contributed by atoms with van der Waals surface area (Å²) in [6.45, 7) is 3.00. The maximum atomic E-state index is 13.7. The second kappa shape index (κ2) is 11.0. The molecule has 0 aromatic heterocycles. The van der Waals surface area contributed by atoms with E-state index in [-0.39, 0.29) is 5.91 Å². The van der Waals surface area contributed by atoms with Crippen molar-refractivity contribution in [2.75, 3.05) is 26.1 Å². The maximum absolute atomic E-state index is 13.7. The van der Waals surface area contributed by atoms with Crippen LogP contribution in [-0.4, -0.2) is 43.6 Å². The average Bonchev–Trinajstić information content (AvgIpc) is 2.88. The maximum Gasteiger partial charge on any atom is 0.319 e. The van der Waals surface area contributed by atoms with Gasteiger partial charge >= 0.3 is 6.03 Å². The van der Waals surface area contributed by atoms with Crippen LogP contribution < -0.4 is 20.1 Å². The molecule has 1 atom stereocenters. The molecule has 1 heterocycles. The zero-order chi connectivity index (χ0) is 24.8. The lowest BCUT2D eigenvalue weighted by Crippen LogP contribution is -2.51. The van der Waals surface area contributed by atoms with Crippen LogP contribution in [0.5, 0.6) is 11.5 Å². The van der Waals surface area contributed by atoms with Crippen LogP contribution in [0.1, 0.15) is 22.3 Å². The Hall–Kier alpha value is -4.00. The molecule has 1 unspecified atom stereocenters. The lowest BCUT2D eigenvalue weighted by atomic mass is 9.97. The van der Waals surface area contributed by atoms with Crippen LogP contribution >= 0.6 is 0 Å². The van der Waals surface area contributed by atoms with Gasteiger partial charge in [-0.05, 0) is 54.3 Å². The van der Waals surface area contributed by atoms with Crippen molar-refractivity contribution in [1.29, 1.82) is 0 Å². The number of ether oxygens (including phenoxy) is 2. The van der Waals surface area contributed by atoms with E-state index >= 15 is 0 Å². The molecule has 0 bridgehead atoms. The largest absolute Gasteiger partial charge is 0.493 e. The van der Waals surface area contributed by atoms with Gasteiger partial charge in [-0.3, -0.25) is 4.79 Å². The number of methoxy groups -OCH3 is 2. The monoisotopic (exact) mass is 473 g/mol. The number of rotatable bonds is 7. The Kier molecular flexibility index (Phi) is 7.55. The summed E-state index contributed by atoms with van der Waals surface area (Å²) in [5, 5.41) is 5.74. The molecule has 7 nitrogen and oxygen atoms in total. The molecule has 0 aliphatic carbocycles. The van der Waals surface area contributed by atoms with Gasteiger partial charge in [0.1, 0.15) is 6.04 Å². The molecule has 35 heavy (non-hydrogen) atoms. The van der Waals surface area contributed by atoms with Gasteiger partial charge in [-0.1, -0.05) is 48.0 Å². The van der Waals surface area contributed by atoms with Crippen LogP contribution in [0, 0.1) is 6.92 Å². The number of carbonyl (C=O) groups is 2. The van der Waals surface area contributed by atoms with Gasteiger partial charge in [-0.25, -0.2) is 4.79 Å². The van der Waals surface area contributed by atoms with E-state index in [1.165, 1.54) is 0 Å². The first kappa shape index (κ1) is 24.1. The molecule has 0 saturated heterocycles. The number of hydrogen-bond acceptors (Lipinski definition) is 4. The Morgan fingerprint density at radius 3 is 2.26 bits per heavy atom. The first-order valence-electron chi connectivity index (χ1n) is 11.7. The molecule has 3 aromatic carbocycles. The number of amides is 3. The highest BCUT2D eigenvalue weighted by Gasteiger charge is 2.29. The van der Waals surface area contributed by atoms with E-state index in [0.29, 0.717) is 43.1 Å². The fourth-order valence-corrected chi connectivity index (χ4v) is 4.30. The number of aryl methyl sites for hydroxylation is 1. The Morgan fingerprint density at radius 1 is 0.943 bits per heavy atom. The number of anilines is 1. The van der Waals surface area contributed by atoms with Crippen LogP contribution in [0.2, 0.25) is 0 Å². The van der Waals surface area contributed by atoms with Crippen LogP contribution in [0.25, 0.3) is 0 Å². The molecular formula is C28H31N3O4. The predicted molar refractivity (Wildman–Crippen MR) is 136 cm³/mol. The molecule has 3 aromatic rings. The normalized spacial score (nSPS) is 13.4. The SMILES string of the molecule is COc1cc2c(cc1OC)CN(C(=O)C(Cc1ccccc1)NC(=O)Nc1ccc(C)cc1)CC2. The lowest BCUT2D eigenvalue weighted by Gasteiger charge is -2.32. The molecular weight excluding hydrogens is 442 g/mol. The van der Waals surface area contributed by atoms with Crippen LogP contribution in [0.4, 0.5) is 10.5 Å². The van der Waals surface area contributed by atoms with E-state index in [9.17, 15) is 9.59 Å². The summed E-state index contributed by atoms with van der Waals surface area (Å²) in [5.74, 6) is 1.20. The highest BCUT2D eigenvalue weighted by molar-refractivity contribution is 5.94. The summed E-state index contributed by atoms with van der Waals surface area (Å²) in [7, 11) is 3.22. The lowest BCUT2D eigenvalue weighted by molar-refractivity contribution is -0.134. The minimum Gasteiger partial charge on any atom is -0.493 e. The summed E-state index contributed by atoms with van der Waals surface area (Å²) in [4.78, 5) is 28.3. The molecule has 0 radical (unpaired) electrons. The minimum absolute atomic E-state index is 0.117. The molecule has 1 aliphatic rings. The molecule has 4 rings (SSSR count). The number of hydrogen-bond donors (Lipinski definition) is 2. The number of nitrogens with zero attached hydrogens (tertiary/aromatic N) is 1. The second-order valence-corrected chi connectivity index (χ2v) is 8.69. The number of fused-ring (bicyclic) bond motifs is 1. The van der Waals surface area contributed by atoms with Gasteiger partial charge in [-0.2, -0.15) is 0 Å². The topological polar surface area (TPSA) is 79.9 Å². The Balaban J connectivity index is 1.52. The zero-order valence-corrected chi connectivity index (χ0v) is 20.3. The Morgan fingerprint density at radius 2 is 1.60 bits per heavy atom. The van der Waals surface area contributed by atoms with Gasteiger partial charge in [0.05, 0.1) is 14.2 Å². The van der Waals surface area contributed by atoms with Crippen LogP contribution in [0.3, 0.4) is 0 Å². The van der Waals surface area contributed by atoms with Gasteiger partial charge in [0.15, 0.2) is 11.5 Å². The Labute approximate surface area is 206 Å². The van der Waals surface area contributed by atoms with Crippen molar-refractivity contribution < 1.29 is 19.1 Å². The van der Waals surface area contributed by atoms with Crippen molar-refractivity contribution in [3.63, 3.8) is 0 Å². The highest BCUT2D eigenvalue weighted by atomic mass is 16.5. The van der Waals surface area contributed by atoms with Gasteiger partial charge in [-0.15, -0.1) is 0 Å². The van der Waals surface area contributed by atoms with E-state index in [1.807, 2.05) is 73.7 Å². The molecule has 0 spiro atoms. The van der Waals surface area contributed by atoms with E-state index in [4.69, 9.17) is 9.47 Å². The first-order valence-corrected chi connectivity index (χ1v) is 11.7. The zero-order valence-electron chi connectivity index (χ0n) is 20.3.